The number of nitrogens with one attached hydrogen (secondary N) is 2. The average molecular weight is 520 g/mol. The van der Waals surface area contributed by atoms with Gasteiger partial charge in [0.05, 0.1) is 0 Å². The van der Waals surface area contributed by atoms with Crippen molar-refractivity contribution in [3.63, 3.8) is 0 Å². The van der Waals surface area contributed by atoms with E-state index in [0.29, 0.717) is 23.9 Å². The van der Waals surface area contributed by atoms with Gasteiger partial charge in [0.25, 0.3) is 0 Å². The van der Waals surface area contributed by atoms with E-state index < -0.39 is 0 Å². The second kappa shape index (κ2) is 12.3. The third-order valence-electron chi connectivity index (χ3n) is 6.62. The van der Waals surface area contributed by atoms with Gasteiger partial charge in [-0.15, -0.1) is 24.0 Å². The molecule has 0 aromatic heterocycles. The van der Waals surface area contributed by atoms with Gasteiger partial charge in [-0.25, -0.2) is 0 Å². The van der Waals surface area contributed by atoms with Gasteiger partial charge in [0.1, 0.15) is 0 Å². The fourth-order valence-electron chi connectivity index (χ4n) is 5.11. The molecule has 2 aliphatic heterocycles. The van der Waals surface area contributed by atoms with Crippen molar-refractivity contribution in [3.8, 4) is 0 Å². The highest BCUT2D eigenvalue weighted by atomic mass is 127. The number of hydrogen-bond acceptors (Lipinski definition) is 3. The summed E-state index contributed by atoms with van der Waals surface area (Å²) < 4.78 is 0. The Kier molecular flexibility index (Phi) is 10.5. The lowest BCUT2D eigenvalue weighted by Gasteiger charge is -2.37. The summed E-state index contributed by atoms with van der Waals surface area (Å²) in [6.07, 6.45) is 9.55. The molecule has 1 saturated carbocycles. The molecule has 0 radical (unpaired) electrons. The fraction of sp³-hybridized carbons (Fsp3) is 0.909. The van der Waals surface area contributed by atoms with Crippen molar-refractivity contribution in [1.82, 2.24) is 20.4 Å². The van der Waals surface area contributed by atoms with Crippen LogP contribution in [0.4, 0.5) is 0 Å². The van der Waals surface area contributed by atoms with Crippen LogP contribution in [0.5, 0.6) is 0 Å². The summed E-state index contributed by atoms with van der Waals surface area (Å²) in [6, 6.07) is 0.911. The van der Waals surface area contributed by atoms with Crippen LogP contribution in [0.15, 0.2) is 4.99 Å². The fourth-order valence-corrected chi connectivity index (χ4v) is 5.11. The number of rotatable bonds is 6. The number of carbonyl (C=O) groups is 1. The Morgan fingerprint density at radius 3 is 2.48 bits per heavy atom. The lowest BCUT2D eigenvalue weighted by atomic mass is 10.0. The minimum Gasteiger partial charge on any atom is -0.355 e. The first-order valence-electron chi connectivity index (χ1n) is 11.6. The van der Waals surface area contributed by atoms with E-state index in [4.69, 9.17) is 0 Å². The van der Waals surface area contributed by atoms with Crippen LogP contribution in [0.2, 0.25) is 0 Å². The van der Waals surface area contributed by atoms with Gasteiger partial charge in [-0.1, -0.05) is 33.1 Å². The summed E-state index contributed by atoms with van der Waals surface area (Å²) in [4.78, 5) is 21.8. The maximum Gasteiger partial charge on any atom is 0.225 e. The second-order valence-electron chi connectivity index (χ2n) is 9.39. The molecule has 2 heterocycles. The number of likely N-dealkylation sites (tertiary alicyclic amines) is 2. The Labute approximate surface area is 194 Å². The van der Waals surface area contributed by atoms with Crippen molar-refractivity contribution in [2.45, 2.75) is 77.3 Å². The van der Waals surface area contributed by atoms with E-state index in [9.17, 15) is 4.79 Å². The minimum absolute atomic E-state index is 0. The van der Waals surface area contributed by atoms with Crippen molar-refractivity contribution in [2.24, 2.45) is 16.8 Å². The van der Waals surface area contributed by atoms with E-state index >= 15 is 0 Å². The largest absolute Gasteiger partial charge is 0.355 e. The summed E-state index contributed by atoms with van der Waals surface area (Å²) in [6.45, 7) is 9.66. The molecule has 6 nitrogen and oxygen atoms in total. The van der Waals surface area contributed by atoms with E-state index in [0.717, 1.165) is 44.9 Å². The third-order valence-corrected chi connectivity index (χ3v) is 6.62. The van der Waals surface area contributed by atoms with Crippen molar-refractivity contribution in [2.75, 3.05) is 39.8 Å². The Bertz CT molecular complexity index is 535. The molecule has 0 aromatic carbocycles. The Morgan fingerprint density at radius 1 is 1.07 bits per heavy atom. The van der Waals surface area contributed by atoms with Gasteiger partial charge in [0, 0.05) is 51.2 Å². The molecule has 3 fully saturated rings. The highest BCUT2D eigenvalue weighted by Gasteiger charge is 2.32. The Morgan fingerprint density at radius 2 is 1.79 bits per heavy atom. The molecule has 2 saturated heterocycles. The van der Waals surface area contributed by atoms with Crippen LogP contribution in [-0.2, 0) is 4.79 Å². The van der Waals surface area contributed by atoms with Crippen LogP contribution < -0.4 is 10.6 Å². The molecule has 29 heavy (non-hydrogen) atoms. The van der Waals surface area contributed by atoms with E-state index in [2.05, 4.69) is 39.3 Å². The molecule has 1 aliphatic carbocycles. The lowest BCUT2D eigenvalue weighted by Crippen LogP contribution is -2.51. The molecule has 0 spiro atoms. The normalized spacial score (nSPS) is 26.6. The summed E-state index contributed by atoms with van der Waals surface area (Å²) in [7, 11) is 1.85. The van der Waals surface area contributed by atoms with Crippen LogP contribution in [0.25, 0.3) is 0 Å². The van der Waals surface area contributed by atoms with Crippen LogP contribution in [0.1, 0.15) is 65.2 Å². The first kappa shape index (κ1) is 24.7. The molecular formula is C22H42IN5O. The molecule has 0 bridgehead atoms. The number of piperidine rings is 1. The number of carbonyl (C=O) groups excluding carboxylic acids is 1. The highest BCUT2D eigenvalue weighted by Crippen LogP contribution is 2.27. The number of nitrogens with zero attached hydrogens (tertiary/aromatic N) is 3. The topological polar surface area (TPSA) is 60.0 Å². The summed E-state index contributed by atoms with van der Waals surface area (Å²) in [5, 5.41) is 7.12. The zero-order valence-electron chi connectivity index (χ0n) is 18.7. The molecule has 3 rings (SSSR count). The van der Waals surface area contributed by atoms with Gasteiger partial charge in [-0.3, -0.25) is 14.7 Å². The van der Waals surface area contributed by atoms with Crippen molar-refractivity contribution < 1.29 is 4.79 Å². The molecule has 3 aliphatic rings. The van der Waals surface area contributed by atoms with Gasteiger partial charge >= 0.3 is 0 Å². The molecular weight excluding hydrogens is 477 g/mol. The lowest BCUT2D eigenvalue weighted by molar-refractivity contribution is -0.134. The smallest absolute Gasteiger partial charge is 0.225 e. The molecule has 0 aromatic rings. The molecule has 1 amide bonds. The number of halogens is 1. The molecule has 7 heteroatoms. The van der Waals surface area contributed by atoms with Gasteiger partial charge in [-0.2, -0.15) is 0 Å². The number of hydrogen-bond donors (Lipinski definition) is 2. The summed E-state index contributed by atoms with van der Waals surface area (Å²) in [5.41, 5.74) is 0. The molecule has 168 valence electrons. The number of guanidine groups is 1. The van der Waals surface area contributed by atoms with Crippen molar-refractivity contribution in [1.29, 1.82) is 0 Å². The first-order chi connectivity index (χ1) is 13.6. The average Bonchev–Trinajstić information content (AvgIpc) is 3.37. The van der Waals surface area contributed by atoms with Crippen molar-refractivity contribution in [3.05, 3.63) is 0 Å². The first-order valence-corrected chi connectivity index (χ1v) is 11.6. The summed E-state index contributed by atoms with van der Waals surface area (Å²) >= 11 is 0. The highest BCUT2D eigenvalue weighted by molar-refractivity contribution is 14.0. The van der Waals surface area contributed by atoms with Crippen molar-refractivity contribution >= 4 is 35.8 Å². The second-order valence-corrected chi connectivity index (χ2v) is 9.39. The molecule has 2 N–H and O–H groups in total. The Hall–Kier alpha value is -0.570. The molecule has 2 atom stereocenters. The zero-order chi connectivity index (χ0) is 19.9. The van der Waals surface area contributed by atoms with Gasteiger partial charge < -0.3 is 15.5 Å². The van der Waals surface area contributed by atoms with Gasteiger partial charge in [0.2, 0.25) is 5.91 Å². The van der Waals surface area contributed by atoms with Crippen LogP contribution in [0.3, 0.4) is 0 Å². The third kappa shape index (κ3) is 7.26. The monoisotopic (exact) mass is 519 g/mol. The zero-order valence-corrected chi connectivity index (χ0v) is 21.0. The quantitative estimate of drug-likeness (QED) is 0.322. The van der Waals surface area contributed by atoms with Crippen LogP contribution >= 0.6 is 24.0 Å². The maximum absolute atomic E-state index is 12.7. The predicted octanol–water partition coefficient (Wildman–Crippen LogP) is 3.07. The number of amides is 1. The van der Waals surface area contributed by atoms with Gasteiger partial charge in [0.15, 0.2) is 5.96 Å². The summed E-state index contributed by atoms with van der Waals surface area (Å²) in [5.74, 6) is 2.26. The Balaban J connectivity index is 0.00000300. The van der Waals surface area contributed by atoms with E-state index in [1.807, 2.05) is 7.05 Å². The minimum atomic E-state index is 0. The van der Waals surface area contributed by atoms with Crippen LogP contribution in [0, 0.1) is 11.8 Å². The van der Waals surface area contributed by atoms with E-state index in [1.54, 1.807) is 0 Å². The maximum atomic E-state index is 12.7. The molecule has 2 unspecified atom stereocenters. The number of aliphatic imine (C=N–C) groups is 1. The van der Waals surface area contributed by atoms with E-state index in [-0.39, 0.29) is 29.9 Å². The predicted molar refractivity (Wildman–Crippen MR) is 131 cm³/mol. The van der Waals surface area contributed by atoms with Gasteiger partial charge in [-0.05, 0) is 44.6 Å². The van der Waals surface area contributed by atoms with E-state index in [1.165, 1.54) is 45.2 Å². The standard InChI is InChI=1S/C22H41N5O.HI/c1-17(2)15-26-12-7-6-10-20(26)14-24-22(23-3)25-19-11-13-27(16-19)21(28)18-8-4-5-9-18;/h17-20H,4-16H2,1-3H3,(H2,23,24,25);1H. The van der Waals surface area contributed by atoms with Crippen LogP contribution in [-0.4, -0.2) is 73.5 Å². The SMILES string of the molecule is CN=C(NCC1CCCCN1CC(C)C)NC1CCN(C(=O)C2CCCC2)C1.I.